The number of fused-ring (bicyclic) bond motifs is 1. The minimum atomic E-state index is -1.18. The number of aromatic nitrogens is 1. The third kappa shape index (κ3) is 3.40. The molecule has 3 rings (SSSR count). The minimum absolute atomic E-state index is 0.156. The van der Waals surface area contributed by atoms with Crippen LogP contribution in [0.1, 0.15) is 33.2 Å². The normalized spacial score (nSPS) is 13.5. The summed E-state index contributed by atoms with van der Waals surface area (Å²) in [6.45, 7) is 2.35. The number of carboxylic acids is 1. The fourth-order valence-corrected chi connectivity index (χ4v) is 2.74. The summed E-state index contributed by atoms with van der Waals surface area (Å²) in [5.74, 6) is -0.799. The van der Waals surface area contributed by atoms with Crippen molar-refractivity contribution in [1.82, 2.24) is 10.3 Å². The number of carbonyl (C=O) groups is 2. The molecule has 0 bridgehead atoms. The molecular formula is C18H18N2O5. The Labute approximate surface area is 144 Å². The van der Waals surface area contributed by atoms with Gasteiger partial charge in [-0.05, 0) is 42.3 Å². The Balaban J connectivity index is 1.87. The molecule has 2 N–H and O–H groups in total. The molecule has 2 heterocycles. The summed E-state index contributed by atoms with van der Waals surface area (Å²) in [5.41, 5.74) is 2.31. The molecule has 25 heavy (non-hydrogen) atoms. The summed E-state index contributed by atoms with van der Waals surface area (Å²) in [6, 6.07) is 7.18. The van der Waals surface area contributed by atoms with Crippen molar-refractivity contribution in [2.24, 2.45) is 0 Å². The van der Waals surface area contributed by atoms with Crippen molar-refractivity contribution in [2.45, 2.75) is 19.4 Å². The summed E-state index contributed by atoms with van der Waals surface area (Å²) in [4.78, 5) is 28.4. The number of benzene rings is 1. The maximum Gasteiger partial charge on any atom is 0.330 e. The van der Waals surface area contributed by atoms with Gasteiger partial charge in [0.05, 0.1) is 13.7 Å². The van der Waals surface area contributed by atoms with E-state index in [1.54, 1.807) is 37.3 Å². The predicted molar refractivity (Wildman–Crippen MR) is 89.0 cm³/mol. The molecule has 2 aromatic rings. The lowest BCUT2D eigenvalue weighted by atomic mass is 10.0. The lowest BCUT2D eigenvalue weighted by Crippen LogP contribution is -2.34. The topological polar surface area (TPSA) is 97.8 Å². The van der Waals surface area contributed by atoms with E-state index < -0.39 is 17.9 Å². The molecule has 0 saturated carbocycles. The summed E-state index contributed by atoms with van der Waals surface area (Å²) in [6.07, 6.45) is 0.721. The summed E-state index contributed by atoms with van der Waals surface area (Å²) in [7, 11) is 1.41. The molecule has 0 spiro atoms. The summed E-state index contributed by atoms with van der Waals surface area (Å²) >= 11 is 0. The maximum atomic E-state index is 12.5. The van der Waals surface area contributed by atoms with Gasteiger partial charge in [-0.1, -0.05) is 6.07 Å². The van der Waals surface area contributed by atoms with E-state index >= 15 is 0 Å². The number of nitrogens with zero attached hydrogens (tertiary/aromatic N) is 1. The molecule has 1 atom stereocenters. The molecular weight excluding hydrogens is 324 g/mol. The molecule has 7 heteroatoms. The van der Waals surface area contributed by atoms with Crippen LogP contribution in [0.25, 0.3) is 0 Å². The zero-order valence-corrected chi connectivity index (χ0v) is 13.9. The lowest BCUT2D eigenvalue weighted by molar-refractivity contribution is -0.139. The van der Waals surface area contributed by atoms with E-state index in [0.29, 0.717) is 17.9 Å². The Hall–Kier alpha value is -3.09. The predicted octanol–water partition coefficient (Wildman–Crippen LogP) is 1.89. The highest BCUT2D eigenvalue weighted by Crippen LogP contribution is 2.28. The van der Waals surface area contributed by atoms with Gasteiger partial charge in [0.1, 0.15) is 11.3 Å². The van der Waals surface area contributed by atoms with Crippen LogP contribution in [0.3, 0.4) is 0 Å². The van der Waals surface area contributed by atoms with E-state index in [2.05, 4.69) is 10.3 Å². The number of methoxy groups -OCH3 is 1. The summed E-state index contributed by atoms with van der Waals surface area (Å²) in [5, 5.41) is 12.1. The van der Waals surface area contributed by atoms with Gasteiger partial charge in [0.2, 0.25) is 5.88 Å². The molecule has 0 saturated heterocycles. The minimum Gasteiger partial charge on any atom is -0.493 e. The van der Waals surface area contributed by atoms with Crippen molar-refractivity contribution in [3.63, 3.8) is 0 Å². The Kier molecular flexibility index (Phi) is 4.56. The maximum absolute atomic E-state index is 12.5. The molecule has 1 aliphatic heterocycles. The molecule has 0 unspecified atom stereocenters. The van der Waals surface area contributed by atoms with Gasteiger partial charge in [-0.2, -0.15) is 0 Å². The number of aryl methyl sites for hydroxylation is 1. The average Bonchev–Trinajstić information content (AvgIpc) is 3.06. The van der Waals surface area contributed by atoms with Crippen molar-refractivity contribution in [1.29, 1.82) is 0 Å². The van der Waals surface area contributed by atoms with Gasteiger partial charge in [0.15, 0.2) is 6.04 Å². The van der Waals surface area contributed by atoms with Crippen LogP contribution in [0.15, 0.2) is 30.3 Å². The van der Waals surface area contributed by atoms with Gasteiger partial charge in [0.25, 0.3) is 5.91 Å². The number of aliphatic carboxylic acids is 1. The van der Waals surface area contributed by atoms with Crippen molar-refractivity contribution in [2.75, 3.05) is 13.7 Å². The zero-order chi connectivity index (χ0) is 18.0. The molecule has 7 nitrogen and oxygen atoms in total. The van der Waals surface area contributed by atoms with Crippen molar-refractivity contribution in [3.8, 4) is 11.6 Å². The van der Waals surface area contributed by atoms with Gasteiger partial charge in [0, 0.05) is 12.1 Å². The number of hydrogen-bond acceptors (Lipinski definition) is 5. The van der Waals surface area contributed by atoms with Gasteiger partial charge in [-0.3, -0.25) is 4.79 Å². The first-order chi connectivity index (χ1) is 12.0. The largest absolute Gasteiger partial charge is 0.493 e. The fourth-order valence-electron chi connectivity index (χ4n) is 2.74. The monoisotopic (exact) mass is 342 g/mol. The zero-order valence-electron chi connectivity index (χ0n) is 13.9. The number of ether oxygens (including phenoxy) is 2. The van der Waals surface area contributed by atoms with Gasteiger partial charge in [-0.25, -0.2) is 9.78 Å². The molecule has 1 aliphatic rings. The van der Waals surface area contributed by atoms with Crippen LogP contribution in [0, 0.1) is 6.92 Å². The van der Waals surface area contributed by atoms with Crippen LogP contribution >= 0.6 is 0 Å². The van der Waals surface area contributed by atoms with Crippen LogP contribution in [0.4, 0.5) is 0 Å². The number of pyridine rings is 1. The Morgan fingerprint density at radius 2 is 2.12 bits per heavy atom. The second-order valence-corrected chi connectivity index (χ2v) is 5.72. The number of carbonyl (C=O) groups excluding carboxylic acids is 1. The molecule has 1 aromatic carbocycles. The van der Waals surface area contributed by atoms with E-state index in [4.69, 9.17) is 9.47 Å². The van der Waals surface area contributed by atoms with E-state index in [1.807, 2.05) is 0 Å². The van der Waals surface area contributed by atoms with Gasteiger partial charge in [-0.15, -0.1) is 0 Å². The highest BCUT2D eigenvalue weighted by atomic mass is 16.5. The second kappa shape index (κ2) is 6.80. The number of amides is 1. The Morgan fingerprint density at radius 1 is 1.32 bits per heavy atom. The Bertz CT molecular complexity index is 834. The lowest BCUT2D eigenvalue weighted by Gasteiger charge is -2.16. The van der Waals surface area contributed by atoms with Crippen molar-refractivity contribution < 1.29 is 24.2 Å². The molecule has 1 aromatic heterocycles. The molecule has 130 valence electrons. The van der Waals surface area contributed by atoms with Crippen LogP contribution in [-0.4, -0.2) is 35.7 Å². The van der Waals surface area contributed by atoms with E-state index in [9.17, 15) is 14.7 Å². The smallest absolute Gasteiger partial charge is 0.330 e. The number of nitrogens with one attached hydrogen (secondary N) is 1. The highest BCUT2D eigenvalue weighted by Gasteiger charge is 2.26. The molecule has 0 aliphatic carbocycles. The van der Waals surface area contributed by atoms with Gasteiger partial charge < -0.3 is 19.9 Å². The Morgan fingerprint density at radius 3 is 2.84 bits per heavy atom. The standard InChI is InChI=1S/C18H18N2O5/c1-10-3-5-13(17(19-10)24-2)16(21)20-15(18(22)23)12-4-6-14-11(9-12)7-8-25-14/h3-6,9,15H,7-8H2,1-2H3,(H,20,21)(H,22,23)/t15-/m1/s1. The van der Waals surface area contributed by atoms with Gasteiger partial charge >= 0.3 is 5.97 Å². The molecule has 0 radical (unpaired) electrons. The average molecular weight is 342 g/mol. The van der Waals surface area contributed by atoms with E-state index in [-0.39, 0.29) is 11.4 Å². The van der Waals surface area contributed by atoms with E-state index in [0.717, 1.165) is 17.7 Å². The first-order valence-corrected chi connectivity index (χ1v) is 7.80. The van der Waals surface area contributed by atoms with Crippen molar-refractivity contribution >= 4 is 11.9 Å². The summed E-state index contributed by atoms with van der Waals surface area (Å²) < 4.78 is 10.5. The van der Waals surface area contributed by atoms with Crippen molar-refractivity contribution in [3.05, 3.63) is 52.7 Å². The van der Waals surface area contributed by atoms with Crippen LogP contribution in [0.2, 0.25) is 0 Å². The van der Waals surface area contributed by atoms with Crippen LogP contribution < -0.4 is 14.8 Å². The van der Waals surface area contributed by atoms with Crippen LogP contribution in [-0.2, 0) is 11.2 Å². The van der Waals surface area contributed by atoms with E-state index in [1.165, 1.54) is 7.11 Å². The fraction of sp³-hybridized carbons (Fsp3) is 0.278. The SMILES string of the molecule is COc1nc(C)ccc1C(=O)N[C@@H](C(=O)O)c1ccc2c(c1)CCO2. The first kappa shape index (κ1) is 16.8. The number of hydrogen-bond donors (Lipinski definition) is 2. The highest BCUT2D eigenvalue weighted by molar-refractivity contribution is 5.98. The number of rotatable bonds is 5. The quantitative estimate of drug-likeness (QED) is 0.861. The number of carboxylic acid groups (broad SMARTS) is 1. The first-order valence-electron chi connectivity index (χ1n) is 7.80. The molecule has 0 fully saturated rings. The molecule has 1 amide bonds. The third-order valence-corrected chi connectivity index (χ3v) is 4.01. The van der Waals surface area contributed by atoms with Crippen LogP contribution in [0.5, 0.6) is 11.6 Å². The second-order valence-electron chi connectivity index (χ2n) is 5.72. The third-order valence-electron chi connectivity index (χ3n) is 4.01.